The van der Waals surface area contributed by atoms with Gasteiger partial charge in [0.25, 0.3) is 5.56 Å². The van der Waals surface area contributed by atoms with Crippen molar-refractivity contribution in [1.29, 1.82) is 0 Å². The van der Waals surface area contributed by atoms with Crippen molar-refractivity contribution in [2.24, 2.45) is 13.0 Å². The molecule has 0 saturated heterocycles. The van der Waals surface area contributed by atoms with Crippen molar-refractivity contribution in [3.05, 3.63) is 93.5 Å². The van der Waals surface area contributed by atoms with E-state index in [-0.39, 0.29) is 5.56 Å². The van der Waals surface area contributed by atoms with Crippen LogP contribution in [0.4, 0.5) is 0 Å². The van der Waals surface area contributed by atoms with Gasteiger partial charge in [0, 0.05) is 31.4 Å². The Balaban J connectivity index is 1.71. The Morgan fingerprint density at radius 2 is 1.93 bits per heavy atom. The van der Waals surface area contributed by atoms with E-state index in [0.29, 0.717) is 27.9 Å². The summed E-state index contributed by atoms with van der Waals surface area (Å²) in [5.74, 6) is 0.583. The number of halogens is 1. The van der Waals surface area contributed by atoms with E-state index in [9.17, 15) is 9.90 Å². The highest BCUT2D eigenvalue weighted by atomic mass is 35.5. The van der Waals surface area contributed by atoms with Gasteiger partial charge < -0.3 is 14.2 Å². The standard InChI is InChI=1S/C23H21ClN4O2/c1-27-14-25-12-20(27)23(30,18-6-8-21(24)26-11-18)17-5-7-19-16(10-17)4-9-22(29)28(19)13-15-2-3-15/h4-12,14-15,30H,2-3,13H2,1H3. The Morgan fingerprint density at radius 3 is 2.60 bits per heavy atom. The maximum Gasteiger partial charge on any atom is 0.251 e. The summed E-state index contributed by atoms with van der Waals surface area (Å²) in [6, 6.07) is 12.6. The first-order chi connectivity index (χ1) is 14.5. The lowest BCUT2D eigenvalue weighted by atomic mass is 9.84. The summed E-state index contributed by atoms with van der Waals surface area (Å²) in [5, 5.41) is 13.3. The maximum atomic E-state index is 12.4. The molecule has 3 heterocycles. The monoisotopic (exact) mass is 420 g/mol. The van der Waals surface area contributed by atoms with Crippen molar-refractivity contribution in [3.63, 3.8) is 0 Å². The minimum absolute atomic E-state index is 0.00551. The molecule has 152 valence electrons. The average Bonchev–Trinajstić information content (AvgIpc) is 3.47. The Bertz CT molecular complexity index is 1290. The van der Waals surface area contributed by atoms with Gasteiger partial charge in [-0.05, 0) is 54.0 Å². The van der Waals surface area contributed by atoms with Crippen LogP contribution in [0, 0.1) is 5.92 Å². The van der Waals surface area contributed by atoms with Crippen LogP contribution >= 0.6 is 11.6 Å². The molecule has 0 aliphatic heterocycles. The van der Waals surface area contributed by atoms with E-state index in [1.165, 1.54) is 12.8 Å². The normalized spacial score (nSPS) is 16.0. The number of imidazole rings is 1. The second kappa shape index (κ2) is 7.07. The van der Waals surface area contributed by atoms with E-state index < -0.39 is 5.60 Å². The number of hydrogen-bond acceptors (Lipinski definition) is 4. The van der Waals surface area contributed by atoms with Crippen LogP contribution in [-0.4, -0.2) is 24.2 Å². The SMILES string of the molecule is Cn1cncc1C(O)(c1ccc(Cl)nc1)c1ccc2c(ccc(=O)n2CC2CC2)c1. The number of aryl methyl sites for hydroxylation is 1. The van der Waals surface area contributed by atoms with Crippen LogP contribution in [0.15, 0.2) is 66.0 Å². The molecule has 1 aromatic carbocycles. The van der Waals surface area contributed by atoms with Crippen molar-refractivity contribution in [2.75, 3.05) is 0 Å². The molecule has 1 aliphatic carbocycles. The van der Waals surface area contributed by atoms with Crippen molar-refractivity contribution >= 4 is 22.5 Å². The highest BCUT2D eigenvalue weighted by Crippen LogP contribution is 2.38. The predicted molar refractivity (Wildman–Crippen MR) is 115 cm³/mol. The zero-order valence-electron chi connectivity index (χ0n) is 16.5. The molecule has 4 aromatic rings. The van der Waals surface area contributed by atoms with E-state index in [0.717, 1.165) is 17.4 Å². The molecule has 1 atom stereocenters. The average molecular weight is 421 g/mol. The van der Waals surface area contributed by atoms with E-state index in [2.05, 4.69) is 9.97 Å². The van der Waals surface area contributed by atoms with Gasteiger partial charge in [0.1, 0.15) is 5.15 Å². The second-order valence-electron chi connectivity index (χ2n) is 7.97. The number of fused-ring (bicyclic) bond motifs is 1. The third-order valence-corrected chi connectivity index (χ3v) is 6.10. The summed E-state index contributed by atoms with van der Waals surface area (Å²) >= 11 is 5.98. The number of benzene rings is 1. The third kappa shape index (κ3) is 3.13. The molecule has 0 radical (unpaired) electrons. The van der Waals surface area contributed by atoms with Gasteiger partial charge in [-0.15, -0.1) is 0 Å². The lowest BCUT2D eigenvalue weighted by Gasteiger charge is -2.30. The van der Waals surface area contributed by atoms with Crippen LogP contribution < -0.4 is 5.56 Å². The summed E-state index contributed by atoms with van der Waals surface area (Å²) in [4.78, 5) is 20.8. The molecule has 0 amide bonds. The molecule has 1 fully saturated rings. The molecule has 1 aliphatic rings. The van der Waals surface area contributed by atoms with Crippen LogP contribution in [0.1, 0.15) is 29.7 Å². The van der Waals surface area contributed by atoms with Crippen LogP contribution in [0.3, 0.4) is 0 Å². The first kappa shape index (κ1) is 19.0. The van der Waals surface area contributed by atoms with Crippen molar-refractivity contribution < 1.29 is 5.11 Å². The number of aromatic nitrogens is 4. The van der Waals surface area contributed by atoms with Crippen LogP contribution in [-0.2, 0) is 19.2 Å². The van der Waals surface area contributed by atoms with Crippen molar-refractivity contribution in [1.82, 2.24) is 19.1 Å². The van der Waals surface area contributed by atoms with E-state index >= 15 is 0 Å². The van der Waals surface area contributed by atoms with Gasteiger partial charge in [-0.3, -0.25) is 4.79 Å². The smallest absolute Gasteiger partial charge is 0.251 e. The summed E-state index contributed by atoms with van der Waals surface area (Å²) in [7, 11) is 1.84. The van der Waals surface area contributed by atoms with Gasteiger partial charge in [-0.1, -0.05) is 23.7 Å². The predicted octanol–water partition coefficient (Wildman–Crippen LogP) is 3.48. The minimum Gasteiger partial charge on any atom is -0.374 e. The van der Waals surface area contributed by atoms with E-state index in [1.807, 2.05) is 35.9 Å². The van der Waals surface area contributed by atoms with E-state index in [1.54, 1.807) is 41.5 Å². The molecule has 1 unspecified atom stereocenters. The Kier molecular flexibility index (Phi) is 4.49. The highest BCUT2D eigenvalue weighted by Gasteiger charge is 2.37. The van der Waals surface area contributed by atoms with Gasteiger partial charge in [0.05, 0.1) is 23.7 Å². The molecular formula is C23H21ClN4O2. The summed E-state index contributed by atoms with van der Waals surface area (Å²) in [5.41, 5.74) is 1.26. The molecule has 0 spiro atoms. The molecule has 0 bridgehead atoms. The van der Waals surface area contributed by atoms with Crippen LogP contribution in [0.25, 0.3) is 10.9 Å². The molecule has 3 aromatic heterocycles. The number of nitrogens with zero attached hydrogens (tertiary/aromatic N) is 4. The first-order valence-corrected chi connectivity index (χ1v) is 10.3. The van der Waals surface area contributed by atoms with Gasteiger partial charge in [0.2, 0.25) is 0 Å². The molecule has 1 saturated carbocycles. The van der Waals surface area contributed by atoms with Crippen molar-refractivity contribution in [3.8, 4) is 0 Å². The number of aliphatic hydroxyl groups is 1. The molecule has 6 nitrogen and oxygen atoms in total. The number of hydrogen-bond donors (Lipinski definition) is 1. The summed E-state index contributed by atoms with van der Waals surface area (Å²) in [6.07, 6.45) is 7.22. The fraction of sp³-hybridized carbons (Fsp3) is 0.261. The second-order valence-corrected chi connectivity index (χ2v) is 8.36. The largest absolute Gasteiger partial charge is 0.374 e. The number of pyridine rings is 2. The highest BCUT2D eigenvalue weighted by molar-refractivity contribution is 6.29. The Labute approximate surface area is 178 Å². The van der Waals surface area contributed by atoms with Gasteiger partial charge in [-0.25, -0.2) is 9.97 Å². The Hall–Kier alpha value is -2.96. The van der Waals surface area contributed by atoms with Gasteiger partial charge in [0.15, 0.2) is 5.60 Å². The Morgan fingerprint density at radius 1 is 1.13 bits per heavy atom. The zero-order valence-corrected chi connectivity index (χ0v) is 17.3. The van der Waals surface area contributed by atoms with Gasteiger partial charge >= 0.3 is 0 Å². The van der Waals surface area contributed by atoms with Crippen molar-refractivity contribution in [2.45, 2.75) is 25.0 Å². The lowest BCUT2D eigenvalue weighted by Crippen LogP contribution is -2.31. The zero-order chi connectivity index (χ0) is 20.9. The quantitative estimate of drug-likeness (QED) is 0.502. The molecular weight excluding hydrogens is 400 g/mol. The van der Waals surface area contributed by atoms with Gasteiger partial charge in [-0.2, -0.15) is 0 Å². The van der Waals surface area contributed by atoms with Crippen LogP contribution in [0.5, 0.6) is 0 Å². The topological polar surface area (TPSA) is 72.9 Å². The lowest BCUT2D eigenvalue weighted by molar-refractivity contribution is 0.117. The number of rotatable bonds is 5. The first-order valence-electron chi connectivity index (χ1n) is 9.92. The fourth-order valence-electron chi connectivity index (χ4n) is 4.03. The summed E-state index contributed by atoms with van der Waals surface area (Å²) < 4.78 is 3.62. The summed E-state index contributed by atoms with van der Waals surface area (Å²) in [6.45, 7) is 0.739. The minimum atomic E-state index is -1.48. The van der Waals surface area contributed by atoms with E-state index in [4.69, 9.17) is 11.6 Å². The molecule has 7 heteroatoms. The fourth-order valence-corrected chi connectivity index (χ4v) is 4.15. The molecule has 1 N–H and O–H groups in total. The molecule has 5 rings (SSSR count). The molecule has 30 heavy (non-hydrogen) atoms. The van der Waals surface area contributed by atoms with Crippen LogP contribution in [0.2, 0.25) is 5.15 Å². The maximum absolute atomic E-state index is 12.4. The third-order valence-electron chi connectivity index (χ3n) is 5.88.